The van der Waals surface area contributed by atoms with Crippen LogP contribution in [0.2, 0.25) is 5.02 Å². The van der Waals surface area contributed by atoms with Crippen LogP contribution in [-0.2, 0) is 0 Å². The van der Waals surface area contributed by atoms with Crippen molar-refractivity contribution in [1.29, 1.82) is 5.26 Å². The SMILES string of the molecule is C=C(C#N)Nc1ccc(Cl)cc1.[H-].[K+]. The van der Waals surface area contributed by atoms with Crippen LogP contribution in [0.1, 0.15) is 1.43 Å². The van der Waals surface area contributed by atoms with Gasteiger partial charge in [0.1, 0.15) is 11.8 Å². The second kappa shape index (κ2) is 6.60. The van der Waals surface area contributed by atoms with Crippen LogP contribution >= 0.6 is 11.6 Å². The number of halogens is 1. The molecule has 0 unspecified atom stereocenters. The number of anilines is 1. The molecular formula is C9H8ClKN2. The first-order valence-electron chi connectivity index (χ1n) is 3.34. The molecule has 0 spiro atoms. The number of hydrogen-bond acceptors (Lipinski definition) is 2. The first-order chi connectivity index (χ1) is 5.72. The van der Waals surface area contributed by atoms with Crippen molar-refractivity contribution in [1.82, 2.24) is 0 Å². The molecule has 0 aromatic heterocycles. The second-order valence-corrected chi connectivity index (χ2v) is 2.66. The summed E-state index contributed by atoms with van der Waals surface area (Å²) in [6, 6.07) is 8.94. The van der Waals surface area contributed by atoms with Gasteiger partial charge in [-0.15, -0.1) is 0 Å². The summed E-state index contributed by atoms with van der Waals surface area (Å²) in [6.45, 7) is 3.49. The van der Waals surface area contributed by atoms with Gasteiger partial charge >= 0.3 is 51.4 Å². The molecule has 1 N–H and O–H groups in total. The molecular weight excluding hydrogens is 211 g/mol. The summed E-state index contributed by atoms with van der Waals surface area (Å²) < 4.78 is 0. The van der Waals surface area contributed by atoms with E-state index in [1.165, 1.54) is 0 Å². The van der Waals surface area contributed by atoms with Gasteiger partial charge in [0, 0.05) is 10.7 Å². The van der Waals surface area contributed by atoms with E-state index in [2.05, 4.69) is 11.9 Å². The number of rotatable bonds is 2. The zero-order chi connectivity index (χ0) is 8.97. The van der Waals surface area contributed by atoms with E-state index in [4.69, 9.17) is 16.9 Å². The van der Waals surface area contributed by atoms with Gasteiger partial charge in [0.25, 0.3) is 0 Å². The Bertz CT molecular complexity index is 332. The fourth-order valence-electron chi connectivity index (χ4n) is 0.735. The summed E-state index contributed by atoms with van der Waals surface area (Å²) in [5, 5.41) is 11.9. The number of benzene rings is 1. The van der Waals surface area contributed by atoms with Gasteiger partial charge in [-0.1, -0.05) is 18.2 Å². The summed E-state index contributed by atoms with van der Waals surface area (Å²) >= 11 is 5.67. The minimum atomic E-state index is 0. The minimum absolute atomic E-state index is 0. The smallest absolute Gasteiger partial charge is 1.00 e. The monoisotopic (exact) mass is 218 g/mol. The van der Waals surface area contributed by atoms with Crippen molar-refractivity contribution >= 4 is 17.3 Å². The molecule has 1 aromatic rings. The quantitative estimate of drug-likeness (QED) is 0.556. The molecule has 0 amide bonds. The van der Waals surface area contributed by atoms with Gasteiger partial charge in [-0.25, -0.2) is 0 Å². The largest absolute Gasteiger partial charge is 1.00 e. The van der Waals surface area contributed by atoms with Crippen molar-refractivity contribution in [3.8, 4) is 6.07 Å². The van der Waals surface area contributed by atoms with E-state index in [-0.39, 0.29) is 52.8 Å². The molecule has 1 rings (SSSR count). The summed E-state index contributed by atoms with van der Waals surface area (Å²) in [7, 11) is 0. The average Bonchev–Trinajstić information content (AvgIpc) is 2.09. The number of nitrogens with zero attached hydrogens (tertiary/aromatic N) is 1. The van der Waals surface area contributed by atoms with Crippen LogP contribution in [0.4, 0.5) is 5.69 Å². The first-order valence-corrected chi connectivity index (χ1v) is 3.72. The molecule has 0 aliphatic heterocycles. The van der Waals surface area contributed by atoms with Gasteiger partial charge in [-0.3, -0.25) is 0 Å². The van der Waals surface area contributed by atoms with Crippen LogP contribution in [0, 0.1) is 11.3 Å². The van der Waals surface area contributed by atoms with Gasteiger partial charge in [0.2, 0.25) is 0 Å². The Hall–Kier alpha value is 0.176. The molecule has 0 saturated carbocycles. The Balaban J connectivity index is 0. The molecule has 4 heteroatoms. The number of hydrogen-bond donors (Lipinski definition) is 1. The predicted octanol–water partition coefficient (Wildman–Crippen LogP) is -0.0943. The third-order valence-corrected chi connectivity index (χ3v) is 1.53. The van der Waals surface area contributed by atoms with Crippen LogP contribution in [0.15, 0.2) is 36.5 Å². The fourth-order valence-corrected chi connectivity index (χ4v) is 0.861. The van der Waals surface area contributed by atoms with E-state index >= 15 is 0 Å². The van der Waals surface area contributed by atoms with E-state index in [1.54, 1.807) is 24.3 Å². The molecule has 0 saturated heterocycles. The van der Waals surface area contributed by atoms with Gasteiger partial charge in [0.15, 0.2) is 0 Å². The van der Waals surface area contributed by atoms with Crippen LogP contribution in [0.3, 0.4) is 0 Å². The molecule has 0 bridgehead atoms. The normalized spacial score (nSPS) is 8.00. The maximum absolute atomic E-state index is 8.41. The Morgan fingerprint density at radius 2 is 2.00 bits per heavy atom. The Morgan fingerprint density at radius 3 is 2.46 bits per heavy atom. The minimum Gasteiger partial charge on any atom is -1.00 e. The Labute approximate surface area is 126 Å². The van der Waals surface area contributed by atoms with Crippen LogP contribution < -0.4 is 56.7 Å². The first kappa shape index (κ1) is 13.2. The maximum atomic E-state index is 8.41. The van der Waals surface area contributed by atoms with E-state index in [0.29, 0.717) is 10.7 Å². The van der Waals surface area contributed by atoms with Gasteiger partial charge < -0.3 is 6.74 Å². The molecule has 1 aromatic carbocycles. The standard InChI is InChI=1S/C9H7ClN2.K.H/c1-7(6-11)12-9-4-2-8(10)3-5-9;;/h2-5,12H,1H2;;/q;+1;-1. The molecule has 0 heterocycles. The predicted molar refractivity (Wildman–Crippen MR) is 50.9 cm³/mol. The molecule has 0 aliphatic rings. The van der Waals surface area contributed by atoms with Crippen molar-refractivity contribution in [3.05, 3.63) is 41.6 Å². The van der Waals surface area contributed by atoms with Crippen molar-refractivity contribution < 1.29 is 52.8 Å². The number of allylic oxidation sites excluding steroid dienone is 1. The average molecular weight is 219 g/mol. The van der Waals surface area contributed by atoms with E-state index in [1.807, 2.05) is 6.07 Å². The van der Waals surface area contributed by atoms with Crippen molar-refractivity contribution in [2.24, 2.45) is 0 Å². The molecule has 0 atom stereocenters. The van der Waals surface area contributed by atoms with Crippen LogP contribution in [0.25, 0.3) is 0 Å². The van der Waals surface area contributed by atoms with Crippen molar-refractivity contribution in [3.63, 3.8) is 0 Å². The van der Waals surface area contributed by atoms with E-state index in [0.717, 1.165) is 5.69 Å². The van der Waals surface area contributed by atoms with Gasteiger partial charge in [-0.2, -0.15) is 5.26 Å². The van der Waals surface area contributed by atoms with E-state index < -0.39 is 0 Å². The molecule has 13 heavy (non-hydrogen) atoms. The summed E-state index contributed by atoms with van der Waals surface area (Å²) in [6.07, 6.45) is 0. The molecule has 0 fully saturated rings. The summed E-state index contributed by atoms with van der Waals surface area (Å²) in [5.74, 6) is 0. The second-order valence-electron chi connectivity index (χ2n) is 2.22. The fraction of sp³-hybridized carbons (Fsp3) is 0. The van der Waals surface area contributed by atoms with Crippen molar-refractivity contribution in [2.45, 2.75) is 0 Å². The zero-order valence-electron chi connectivity index (χ0n) is 8.34. The maximum Gasteiger partial charge on any atom is 1.00 e. The Morgan fingerprint density at radius 1 is 1.46 bits per heavy atom. The molecule has 62 valence electrons. The zero-order valence-corrected chi connectivity index (χ0v) is 11.2. The molecule has 0 radical (unpaired) electrons. The van der Waals surface area contributed by atoms with E-state index in [9.17, 15) is 0 Å². The summed E-state index contributed by atoms with van der Waals surface area (Å²) in [5.41, 5.74) is 1.13. The third-order valence-electron chi connectivity index (χ3n) is 1.27. The van der Waals surface area contributed by atoms with Gasteiger partial charge in [-0.05, 0) is 24.3 Å². The summed E-state index contributed by atoms with van der Waals surface area (Å²) in [4.78, 5) is 0. The van der Waals surface area contributed by atoms with Gasteiger partial charge in [0.05, 0.1) is 0 Å². The topological polar surface area (TPSA) is 35.8 Å². The molecule has 0 aliphatic carbocycles. The van der Waals surface area contributed by atoms with Crippen LogP contribution in [-0.4, -0.2) is 0 Å². The van der Waals surface area contributed by atoms with Crippen molar-refractivity contribution in [2.75, 3.05) is 5.32 Å². The Kier molecular flexibility index (Phi) is 6.69. The molecule has 2 nitrogen and oxygen atoms in total. The van der Waals surface area contributed by atoms with Crippen LogP contribution in [0.5, 0.6) is 0 Å². The number of nitrogens with one attached hydrogen (secondary N) is 1. The third kappa shape index (κ3) is 4.82. The number of nitriles is 1.